The number of aromatic nitrogens is 3. The number of anilines is 1. The van der Waals surface area contributed by atoms with Gasteiger partial charge in [0.15, 0.2) is 0 Å². The largest absolute Gasteiger partial charge is 0.367 e. The molecule has 0 amide bonds. The Bertz CT molecular complexity index is 628. The Morgan fingerprint density at radius 2 is 2.22 bits per heavy atom. The van der Waals surface area contributed by atoms with E-state index in [0.717, 1.165) is 22.6 Å². The lowest BCUT2D eigenvalue weighted by Gasteiger charge is -2.06. The van der Waals surface area contributed by atoms with Crippen LogP contribution in [0.3, 0.4) is 0 Å². The second kappa shape index (κ2) is 4.03. The van der Waals surface area contributed by atoms with Crippen molar-refractivity contribution in [2.75, 3.05) is 5.73 Å². The molecule has 5 nitrogen and oxygen atoms in total. The van der Waals surface area contributed by atoms with Gasteiger partial charge in [-0.15, -0.1) is 0 Å². The maximum atomic E-state index is 5.72. The van der Waals surface area contributed by atoms with Gasteiger partial charge in [-0.3, -0.25) is 0 Å². The molecule has 90 valence electrons. The Kier molecular flexibility index (Phi) is 2.37. The number of nitrogens with two attached hydrogens (primary N) is 1. The monoisotopic (exact) mass is 240 g/mol. The zero-order chi connectivity index (χ0) is 12.5. The van der Waals surface area contributed by atoms with Crippen molar-refractivity contribution in [1.82, 2.24) is 14.7 Å². The smallest absolute Gasteiger partial charge is 0.229 e. The molecule has 1 aromatic carbocycles. The highest BCUT2D eigenvalue weighted by Crippen LogP contribution is 2.27. The van der Waals surface area contributed by atoms with Crippen molar-refractivity contribution >= 4 is 5.88 Å². The number of benzene rings is 1. The van der Waals surface area contributed by atoms with Crippen molar-refractivity contribution in [2.45, 2.75) is 6.92 Å². The van der Waals surface area contributed by atoms with Crippen LogP contribution in [-0.4, -0.2) is 14.7 Å². The SMILES string of the molecule is Cc1nccn1-c1cccc(-c2cnoc2N)c1. The highest BCUT2D eigenvalue weighted by Gasteiger charge is 2.08. The lowest BCUT2D eigenvalue weighted by atomic mass is 10.1. The van der Waals surface area contributed by atoms with Crippen molar-refractivity contribution < 1.29 is 4.52 Å². The van der Waals surface area contributed by atoms with Gasteiger partial charge in [0.05, 0.1) is 11.8 Å². The van der Waals surface area contributed by atoms with E-state index in [9.17, 15) is 0 Å². The molecule has 0 unspecified atom stereocenters. The molecule has 5 heteroatoms. The van der Waals surface area contributed by atoms with E-state index in [1.807, 2.05) is 42.0 Å². The zero-order valence-electron chi connectivity index (χ0n) is 9.87. The summed E-state index contributed by atoms with van der Waals surface area (Å²) in [7, 11) is 0. The van der Waals surface area contributed by atoms with Gasteiger partial charge in [-0.1, -0.05) is 17.3 Å². The van der Waals surface area contributed by atoms with Gasteiger partial charge < -0.3 is 14.8 Å². The minimum absolute atomic E-state index is 0.328. The predicted molar refractivity (Wildman–Crippen MR) is 68.2 cm³/mol. The van der Waals surface area contributed by atoms with E-state index in [0.29, 0.717) is 5.88 Å². The molecule has 0 fully saturated rings. The normalized spacial score (nSPS) is 10.7. The number of aryl methyl sites for hydroxylation is 1. The van der Waals surface area contributed by atoms with Crippen LogP contribution < -0.4 is 5.73 Å². The molecule has 0 saturated carbocycles. The fraction of sp³-hybridized carbons (Fsp3) is 0.0769. The highest BCUT2D eigenvalue weighted by molar-refractivity contribution is 5.73. The number of imidazole rings is 1. The molecular formula is C13H12N4O. The van der Waals surface area contributed by atoms with Gasteiger partial charge in [0, 0.05) is 18.1 Å². The molecule has 0 bridgehead atoms. The third kappa shape index (κ3) is 1.66. The predicted octanol–water partition coefficient (Wildman–Crippen LogP) is 2.42. The molecule has 2 aromatic heterocycles. The first kappa shape index (κ1) is 10.6. The second-order valence-electron chi connectivity index (χ2n) is 4.00. The standard InChI is InChI=1S/C13H12N4O/c1-9-15-5-6-17(9)11-4-2-3-10(7-11)12-8-16-18-13(12)14/h2-8H,14H2,1H3. The van der Waals surface area contributed by atoms with Gasteiger partial charge >= 0.3 is 0 Å². The number of nitrogens with zero attached hydrogens (tertiary/aromatic N) is 3. The summed E-state index contributed by atoms with van der Waals surface area (Å²) in [5, 5.41) is 3.69. The van der Waals surface area contributed by atoms with Gasteiger partial charge in [0.25, 0.3) is 0 Å². The van der Waals surface area contributed by atoms with Crippen molar-refractivity contribution in [3.05, 3.63) is 48.7 Å². The molecule has 0 saturated heterocycles. The lowest BCUT2D eigenvalue weighted by molar-refractivity contribution is 0.436. The molecule has 0 aliphatic carbocycles. The van der Waals surface area contributed by atoms with E-state index < -0.39 is 0 Å². The van der Waals surface area contributed by atoms with Gasteiger partial charge in [-0.05, 0) is 24.6 Å². The molecule has 0 aliphatic heterocycles. The maximum absolute atomic E-state index is 5.72. The fourth-order valence-electron chi connectivity index (χ4n) is 1.94. The maximum Gasteiger partial charge on any atom is 0.229 e. The Hall–Kier alpha value is -2.56. The average Bonchev–Trinajstić information content (AvgIpc) is 2.98. The number of hydrogen-bond acceptors (Lipinski definition) is 4. The van der Waals surface area contributed by atoms with E-state index in [1.54, 1.807) is 12.4 Å². The van der Waals surface area contributed by atoms with Crippen LogP contribution in [0.15, 0.2) is 47.4 Å². The van der Waals surface area contributed by atoms with Gasteiger partial charge in [0.2, 0.25) is 5.88 Å². The van der Waals surface area contributed by atoms with Crippen LogP contribution in [0.1, 0.15) is 5.82 Å². The first-order valence-electron chi connectivity index (χ1n) is 5.56. The summed E-state index contributed by atoms with van der Waals surface area (Å²) in [6.45, 7) is 1.96. The Labute approximate surface area is 104 Å². The Morgan fingerprint density at radius 1 is 1.33 bits per heavy atom. The first-order chi connectivity index (χ1) is 8.75. The van der Waals surface area contributed by atoms with E-state index >= 15 is 0 Å². The third-order valence-electron chi connectivity index (χ3n) is 2.86. The summed E-state index contributed by atoms with van der Waals surface area (Å²) < 4.78 is 6.89. The van der Waals surface area contributed by atoms with Crippen LogP contribution in [0.2, 0.25) is 0 Å². The zero-order valence-corrected chi connectivity index (χ0v) is 9.87. The van der Waals surface area contributed by atoms with Crippen LogP contribution in [-0.2, 0) is 0 Å². The molecule has 3 aromatic rings. The minimum Gasteiger partial charge on any atom is -0.367 e. The summed E-state index contributed by atoms with van der Waals surface area (Å²) in [4.78, 5) is 4.21. The van der Waals surface area contributed by atoms with E-state index in [2.05, 4.69) is 10.1 Å². The second-order valence-corrected chi connectivity index (χ2v) is 4.00. The van der Waals surface area contributed by atoms with Crippen LogP contribution in [0, 0.1) is 6.92 Å². The van der Waals surface area contributed by atoms with E-state index in [4.69, 9.17) is 10.3 Å². The topological polar surface area (TPSA) is 69.9 Å². The summed E-state index contributed by atoms with van der Waals surface area (Å²) in [5.74, 6) is 1.26. The number of nitrogen functional groups attached to an aromatic ring is 1. The van der Waals surface area contributed by atoms with Crippen LogP contribution in [0.25, 0.3) is 16.8 Å². The van der Waals surface area contributed by atoms with Gasteiger partial charge in [0.1, 0.15) is 5.82 Å². The summed E-state index contributed by atoms with van der Waals surface area (Å²) in [6.07, 6.45) is 5.32. The highest BCUT2D eigenvalue weighted by atomic mass is 16.5. The molecule has 2 heterocycles. The molecule has 0 radical (unpaired) electrons. The van der Waals surface area contributed by atoms with E-state index in [1.165, 1.54) is 0 Å². The summed E-state index contributed by atoms with van der Waals surface area (Å²) in [5.41, 5.74) is 8.53. The molecule has 3 rings (SSSR count). The van der Waals surface area contributed by atoms with Gasteiger partial charge in [-0.25, -0.2) is 4.98 Å². The average molecular weight is 240 g/mol. The van der Waals surface area contributed by atoms with Crippen LogP contribution >= 0.6 is 0 Å². The lowest BCUT2D eigenvalue weighted by Crippen LogP contribution is -1.95. The first-order valence-corrected chi connectivity index (χ1v) is 5.56. The molecular weight excluding hydrogens is 228 g/mol. The minimum atomic E-state index is 0.328. The number of rotatable bonds is 2. The summed E-state index contributed by atoms with van der Waals surface area (Å²) in [6, 6.07) is 7.98. The molecule has 0 spiro atoms. The molecule has 0 aliphatic rings. The quantitative estimate of drug-likeness (QED) is 0.746. The van der Waals surface area contributed by atoms with Crippen molar-refractivity contribution in [1.29, 1.82) is 0 Å². The van der Waals surface area contributed by atoms with Gasteiger partial charge in [-0.2, -0.15) is 0 Å². The van der Waals surface area contributed by atoms with Crippen molar-refractivity contribution in [3.63, 3.8) is 0 Å². The third-order valence-corrected chi connectivity index (χ3v) is 2.86. The molecule has 2 N–H and O–H groups in total. The molecule has 0 atom stereocenters. The van der Waals surface area contributed by atoms with Crippen LogP contribution in [0.4, 0.5) is 5.88 Å². The van der Waals surface area contributed by atoms with Crippen LogP contribution in [0.5, 0.6) is 0 Å². The molecule has 18 heavy (non-hydrogen) atoms. The number of hydrogen-bond donors (Lipinski definition) is 1. The van der Waals surface area contributed by atoms with E-state index in [-0.39, 0.29) is 0 Å². The Morgan fingerprint density at radius 3 is 2.89 bits per heavy atom. The van der Waals surface area contributed by atoms with Crippen molar-refractivity contribution in [2.24, 2.45) is 0 Å². The fourth-order valence-corrected chi connectivity index (χ4v) is 1.94. The van der Waals surface area contributed by atoms with Crippen molar-refractivity contribution in [3.8, 4) is 16.8 Å². The Balaban J connectivity index is 2.11. The summed E-state index contributed by atoms with van der Waals surface area (Å²) >= 11 is 0.